The maximum atomic E-state index is 13.5. The minimum atomic E-state index is -1.09. The lowest BCUT2D eigenvalue weighted by Gasteiger charge is -2.31. The minimum absolute atomic E-state index is 0.00480. The van der Waals surface area contributed by atoms with Gasteiger partial charge in [-0.3, -0.25) is 9.59 Å². The van der Waals surface area contributed by atoms with Crippen molar-refractivity contribution in [2.24, 2.45) is 5.92 Å². The van der Waals surface area contributed by atoms with Crippen molar-refractivity contribution < 1.29 is 19.5 Å². The molecule has 2 rings (SSSR count). The first-order valence-electron chi connectivity index (χ1n) is 9.68. The van der Waals surface area contributed by atoms with Gasteiger partial charge in [-0.15, -0.1) is 0 Å². The molecule has 0 spiro atoms. The molecule has 2 aromatic carbocycles. The Labute approximate surface area is 187 Å². The largest absolute Gasteiger partial charge is 0.480 e. The summed E-state index contributed by atoms with van der Waals surface area (Å²) in [5.74, 6) is -1.59. The van der Waals surface area contributed by atoms with Crippen molar-refractivity contribution >= 4 is 41.4 Å². The summed E-state index contributed by atoms with van der Waals surface area (Å²) in [5.41, 5.74) is 2.90. The predicted octanol–water partition coefficient (Wildman–Crippen LogP) is 3.85. The van der Waals surface area contributed by atoms with Crippen LogP contribution in [0.3, 0.4) is 0 Å². The zero-order valence-corrected chi connectivity index (χ0v) is 18.9. The average molecular weight is 446 g/mol. The fraction of sp³-hybridized carbons (Fsp3) is 0.348. The highest BCUT2D eigenvalue weighted by Crippen LogP contribution is 2.22. The minimum Gasteiger partial charge on any atom is -0.480 e. The van der Waals surface area contributed by atoms with Crippen LogP contribution in [0, 0.1) is 12.8 Å². The first-order chi connectivity index (χ1) is 14.3. The fourth-order valence-electron chi connectivity index (χ4n) is 3.11. The molecule has 0 saturated carbocycles. The van der Waals surface area contributed by atoms with E-state index in [-0.39, 0.29) is 23.3 Å². The number of thiol groups is 1. The van der Waals surface area contributed by atoms with E-state index >= 15 is 0 Å². The maximum absolute atomic E-state index is 13.5. The third-order valence-corrected chi connectivity index (χ3v) is 6.07. The number of aryl methyl sites for hydroxylation is 1. The van der Waals surface area contributed by atoms with Crippen LogP contribution in [0.25, 0.3) is 0 Å². The van der Waals surface area contributed by atoms with Crippen LogP contribution in [0.1, 0.15) is 23.6 Å². The number of hydrogen-bond acceptors (Lipinski definition) is 5. The van der Waals surface area contributed by atoms with Crippen molar-refractivity contribution in [2.45, 2.75) is 32.9 Å². The number of rotatable bonds is 10. The maximum Gasteiger partial charge on any atom is 0.327 e. The lowest BCUT2D eigenvalue weighted by atomic mass is 9.98. The summed E-state index contributed by atoms with van der Waals surface area (Å²) >= 11 is 5.28. The van der Waals surface area contributed by atoms with Gasteiger partial charge in [-0.1, -0.05) is 71.9 Å². The van der Waals surface area contributed by atoms with Crippen LogP contribution in [-0.4, -0.2) is 44.5 Å². The van der Waals surface area contributed by atoms with Gasteiger partial charge in [-0.25, -0.2) is 4.79 Å². The fourth-order valence-corrected chi connectivity index (χ4v) is 4.16. The summed E-state index contributed by atoms with van der Waals surface area (Å²) < 4.78 is 0. The van der Waals surface area contributed by atoms with Gasteiger partial charge in [0.05, 0.1) is 5.92 Å². The first-order valence-corrected chi connectivity index (χ1v) is 11.3. The number of carboxylic acids is 1. The van der Waals surface area contributed by atoms with Gasteiger partial charge in [-0.05, 0) is 24.5 Å². The number of nitrogens with zero attached hydrogens (tertiary/aromatic N) is 1. The number of thioether (sulfide) groups is 1. The van der Waals surface area contributed by atoms with Crippen molar-refractivity contribution in [3.8, 4) is 0 Å². The number of carbonyl (C=O) groups is 3. The van der Waals surface area contributed by atoms with Gasteiger partial charge in [0, 0.05) is 25.0 Å². The molecule has 30 heavy (non-hydrogen) atoms. The molecule has 160 valence electrons. The average Bonchev–Trinajstić information content (AvgIpc) is 2.72. The number of hydrogen-bond donors (Lipinski definition) is 2. The normalized spacial score (nSPS) is 12.8. The topological polar surface area (TPSA) is 74.7 Å². The van der Waals surface area contributed by atoms with E-state index in [4.69, 9.17) is 0 Å². The molecule has 1 N–H and O–H groups in total. The Bertz CT molecular complexity index is 855. The van der Waals surface area contributed by atoms with Crippen LogP contribution >= 0.6 is 24.4 Å². The highest BCUT2D eigenvalue weighted by atomic mass is 32.2. The van der Waals surface area contributed by atoms with Crippen LogP contribution in [0.4, 0.5) is 0 Å². The van der Waals surface area contributed by atoms with E-state index in [1.165, 1.54) is 11.8 Å². The summed E-state index contributed by atoms with van der Waals surface area (Å²) in [4.78, 5) is 38.3. The van der Waals surface area contributed by atoms with Crippen LogP contribution in [0.5, 0.6) is 0 Å². The van der Waals surface area contributed by atoms with Gasteiger partial charge in [-0.2, -0.15) is 12.6 Å². The van der Waals surface area contributed by atoms with E-state index < -0.39 is 17.9 Å². The molecule has 2 aromatic rings. The third kappa shape index (κ3) is 7.22. The third-order valence-electron chi connectivity index (χ3n) is 4.75. The van der Waals surface area contributed by atoms with E-state index in [9.17, 15) is 19.5 Å². The molecule has 0 radical (unpaired) electrons. The Hall–Kier alpha value is -2.25. The van der Waals surface area contributed by atoms with Gasteiger partial charge >= 0.3 is 5.97 Å². The van der Waals surface area contributed by atoms with E-state index in [2.05, 4.69) is 12.6 Å². The van der Waals surface area contributed by atoms with Gasteiger partial charge in [0.2, 0.25) is 5.91 Å². The molecule has 5 nitrogen and oxygen atoms in total. The Morgan fingerprint density at radius 3 is 2.20 bits per heavy atom. The van der Waals surface area contributed by atoms with Crippen LogP contribution in [-0.2, 0) is 27.3 Å². The monoisotopic (exact) mass is 445 g/mol. The second-order valence-corrected chi connectivity index (χ2v) is 8.74. The highest BCUT2D eigenvalue weighted by molar-refractivity contribution is 8.13. The summed E-state index contributed by atoms with van der Waals surface area (Å²) in [7, 11) is 0. The predicted molar refractivity (Wildman–Crippen MR) is 124 cm³/mol. The molecule has 0 heterocycles. The molecule has 0 aliphatic rings. The number of carboxylic acid groups (broad SMARTS) is 1. The summed E-state index contributed by atoms with van der Waals surface area (Å²) in [5, 5.41) is 9.63. The molecule has 0 aromatic heterocycles. The quantitative estimate of drug-likeness (QED) is 0.544. The smallest absolute Gasteiger partial charge is 0.327 e. The number of aliphatic carboxylic acids is 1. The molecular formula is C23H27NO4S2. The van der Waals surface area contributed by atoms with Crippen LogP contribution < -0.4 is 0 Å². The van der Waals surface area contributed by atoms with E-state index in [0.717, 1.165) is 28.5 Å². The molecule has 1 amide bonds. The van der Waals surface area contributed by atoms with Crippen molar-refractivity contribution in [1.29, 1.82) is 0 Å². The van der Waals surface area contributed by atoms with Gasteiger partial charge in [0.15, 0.2) is 5.12 Å². The zero-order valence-electron chi connectivity index (χ0n) is 17.2. The molecule has 7 heteroatoms. The lowest BCUT2D eigenvalue weighted by Crippen LogP contribution is -2.49. The Morgan fingerprint density at radius 2 is 1.67 bits per heavy atom. The first kappa shape index (κ1) is 24.0. The number of carbonyl (C=O) groups excluding carboxylic acids is 2. The number of benzene rings is 2. The van der Waals surface area contributed by atoms with Gasteiger partial charge < -0.3 is 10.0 Å². The highest BCUT2D eigenvalue weighted by Gasteiger charge is 2.33. The molecule has 1 unspecified atom stereocenters. The second kappa shape index (κ2) is 11.8. The Morgan fingerprint density at radius 1 is 1.03 bits per heavy atom. The van der Waals surface area contributed by atoms with Crippen LogP contribution in [0.15, 0.2) is 54.6 Å². The molecule has 0 aliphatic carbocycles. The molecule has 0 aliphatic heterocycles. The van der Waals surface area contributed by atoms with Crippen molar-refractivity contribution in [3.05, 3.63) is 71.3 Å². The lowest BCUT2D eigenvalue weighted by molar-refractivity contribution is -0.151. The zero-order chi connectivity index (χ0) is 22.1. The molecular weight excluding hydrogens is 418 g/mol. The van der Waals surface area contributed by atoms with Crippen LogP contribution in [0.2, 0.25) is 0 Å². The van der Waals surface area contributed by atoms with E-state index in [0.29, 0.717) is 12.2 Å². The van der Waals surface area contributed by atoms with Crippen molar-refractivity contribution in [3.63, 3.8) is 0 Å². The number of amides is 1. The molecule has 2 atom stereocenters. The van der Waals surface area contributed by atoms with Gasteiger partial charge in [0.25, 0.3) is 0 Å². The molecule has 0 fully saturated rings. The SMILES string of the molecule is CC(=O)SCC(Cc1ccccc1)C(=O)N(Cc1ccc(C)cc1)[C@H](CS)C(=O)O. The molecule has 0 saturated heterocycles. The summed E-state index contributed by atoms with van der Waals surface area (Å²) in [6.45, 7) is 3.61. The summed E-state index contributed by atoms with van der Waals surface area (Å²) in [6, 6.07) is 16.1. The standard InChI is InChI=1S/C23H27NO4S2/c1-16-8-10-19(11-9-16)13-24(21(14-29)23(27)28)22(26)20(15-30-17(2)25)12-18-6-4-3-5-7-18/h3-11,20-21,29H,12-15H2,1-2H3,(H,27,28)/t20?,21-/m1/s1. The Kier molecular flexibility index (Phi) is 9.46. The van der Waals surface area contributed by atoms with Gasteiger partial charge in [0.1, 0.15) is 6.04 Å². The summed E-state index contributed by atoms with van der Waals surface area (Å²) in [6.07, 6.45) is 0.434. The van der Waals surface area contributed by atoms with E-state index in [1.807, 2.05) is 61.5 Å². The van der Waals surface area contributed by atoms with E-state index in [1.54, 1.807) is 0 Å². The van der Waals surface area contributed by atoms with Crippen molar-refractivity contribution in [2.75, 3.05) is 11.5 Å². The Balaban J connectivity index is 2.34. The van der Waals surface area contributed by atoms with Crippen molar-refractivity contribution in [1.82, 2.24) is 4.90 Å². The second-order valence-electron chi connectivity index (χ2n) is 7.18. The molecule has 0 bridgehead atoms.